The normalized spacial score (nSPS) is 10.3. The number of hydrogen-bond donors (Lipinski definition) is 0. The molecule has 0 saturated heterocycles. The van der Waals surface area contributed by atoms with E-state index < -0.39 is 0 Å². The molecule has 2 heterocycles. The molecule has 0 aromatic carbocycles. The highest BCUT2D eigenvalue weighted by molar-refractivity contribution is 9.10. The SMILES string of the molecule is CCc1nc(C)ccc1Oc1cc(Br)ncn1. The molecule has 0 aliphatic heterocycles. The second kappa shape index (κ2) is 5.23. The number of hydrogen-bond acceptors (Lipinski definition) is 4. The molecule has 0 atom stereocenters. The fourth-order valence-corrected chi connectivity index (χ4v) is 1.72. The smallest absolute Gasteiger partial charge is 0.223 e. The summed E-state index contributed by atoms with van der Waals surface area (Å²) < 4.78 is 6.39. The van der Waals surface area contributed by atoms with Crippen LogP contribution in [0, 0.1) is 6.92 Å². The van der Waals surface area contributed by atoms with Crippen LogP contribution >= 0.6 is 15.9 Å². The molecule has 0 aliphatic carbocycles. The summed E-state index contributed by atoms with van der Waals surface area (Å²) >= 11 is 3.28. The van der Waals surface area contributed by atoms with Gasteiger partial charge in [0.2, 0.25) is 5.88 Å². The van der Waals surface area contributed by atoms with Gasteiger partial charge in [-0.3, -0.25) is 4.98 Å². The van der Waals surface area contributed by atoms with Gasteiger partial charge in [0.15, 0.2) is 5.75 Å². The molecule has 0 N–H and O–H groups in total. The van der Waals surface area contributed by atoms with Crippen LogP contribution < -0.4 is 4.74 Å². The van der Waals surface area contributed by atoms with Gasteiger partial charge in [0.05, 0.1) is 5.69 Å². The Labute approximate surface area is 108 Å². The van der Waals surface area contributed by atoms with Gasteiger partial charge < -0.3 is 4.74 Å². The number of rotatable bonds is 3. The maximum atomic E-state index is 5.69. The van der Waals surface area contributed by atoms with Crippen molar-refractivity contribution in [1.29, 1.82) is 0 Å². The van der Waals surface area contributed by atoms with Crippen molar-refractivity contribution in [3.8, 4) is 11.6 Å². The lowest BCUT2D eigenvalue weighted by Crippen LogP contribution is -1.97. The second-order valence-corrected chi connectivity index (χ2v) is 4.34. The molecule has 0 unspecified atom stereocenters. The summed E-state index contributed by atoms with van der Waals surface area (Å²) in [5.41, 5.74) is 1.91. The third-order valence-electron chi connectivity index (χ3n) is 2.23. The molecule has 2 aromatic rings. The summed E-state index contributed by atoms with van der Waals surface area (Å²) in [5.74, 6) is 1.25. The summed E-state index contributed by atoms with van der Waals surface area (Å²) in [6, 6.07) is 5.56. The number of halogens is 1. The summed E-state index contributed by atoms with van der Waals surface area (Å²) in [6.07, 6.45) is 2.27. The van der Waals surface area contributed by atoms with E-state index in [-0.39, 0.29) is 0 Å². The van der Waals surface area contributed by atoms with Gasteiger partial charge in [0.25, 0.3) is 0 Å². The first-order valence-electron chi connectivity index (χ1n) is 5.31. The first-order chi connectivity index (χ1) is 8.19. The zero-order chi connectivity index (χ0) is 12.3. The highest BCUT2D eigenvalue weighted by Crippen LogP contribution is 2.24. The monoisotopic (exact) mass is 293 g/mol. The number of aryl methyl sites for hydroxylation is 2. The Bertz CT molecular complexity index is 531. The minimum absolute atomic E-state index is 0.507. The minimum Gasteiger partial charge on any atom is -0.437 e. The average Bonchev–Trinajstić information content (AvgIpc) is 2.31. The van der Waals surface area contributed by atoms with Crippen LogP contribution in [0.25, 0.3) is 0 Å². The van der Waals surface area contributed by atoms with Gasteiger partial charge in [-0.1, -0.05) is 6.92 Å². The van der Waals surface area contributed by atoms with Gasteiger partial charge in [0, 0.05) is 11.8 Å². The van der Waals surface area contributed by atoms with E-state index in [1.165, 1.54) is 6.33 Å². The number of ether oxygens (including phenoxy) is 1. The molecule has 88 valence electrons. The highest BCUT2D eigenvalue weighted by atomic mass is 79.9. The van der Waals surface area contributed by atoms with E-state index >= 15 is 0 Å². The van der Waals surface area contributed by atoms with Gasteiger partial charge in [0.1, 0.15) is 10.9 Å². The lowest BCUT2D eigenvalue weighted by molar-refractivity contribution is 0.452. The first kappa shape index (κ1) is 12.0. The van der Waals surface area contributed by atoms with Crippen LogP contribution in [0.4, 0.5) is 0 Å². The third kappa shape index (κ3) is 3.00. The predicted molar refractivity (Wildman–Crippen MR) is 68.2 cm³/mol. The Hall–Kier alpha value is -1.49. The molecular formula is C12H12BrN3O. The fraction of sp³-hybridized carbons (Fsp3) is 0.250. The van der Waals surface area contributed by atoms with Crippen LogP contribution in [0.15, 0.2) is 29.1 Å². The maximum Gasteiger partial charge on any atom is 0.223 e. The van der Waals surface area contributed by atoms with Crippen molar-refractivity contribution in [2.75, 3.05) is 0 Å². The molecule has 4 nitrogen and oxygen atoms in total. The van der Waals surface area contributed by atoms with Gasteiger partial charge >= 0.3 is 0 Å². The minimum atomic E-state index is 0.507. The van der Waals surface area contributed by atoms with Crippen LogP contribution in [0.1, 0.15) is 18.3 Å². The average molecular weight is 294 g/mol. The maximum absolute atomic E-state index is 5.69. The second-order valence-electron chi connectivity index (χ2n) is 3.53. The van der Waals surface area contributed by atoms with Crippen molar-refractivity contribution < 1.29 is 4.74 Å². The van der Waals surface area contributed by atoms with Crippen LogP contribution in [-0.2, 0) is 6.42 Å². The first-order valence-corrected chi connectivity index (χ1v) is 6.10. The zero-order valence-electron chi connectivity index (χ0n) is 9.64. The van der Waals surface area contributed by atoms with Crippen LogP contribution in [0.5, 0.6) is 11.6 Å². The lowest BCUT2D eigenvalue weighted by atomic mass is 10.2. The van der Waals surface area contributed by atoms with Crippen molar-refractivity contribution in [3.63, 3.8) is 0 Å². The van der Waals surface area contributed by atoms with Gasteiger partial charge in [-0.25, -0.2) is 9.97 Å². The molecule has 2 aromatic heterocycles. The van der Waals surface area contributed by atoms with Crippen molar-refractivity contribution in [2.45, 2.75) is 20.3 Å². The van der Waals surface area contributed by atoms with Crippen LogP contribution in [-0.4, -0.2) is 15.0 Å². The van der Waals surface area contributed by atoms with Crippen LogP contribution in [0.2, 0.25) is 0 Å². The van der Waals surface area contributed by atoms with E-state index in [1.807, 2.05) is 26.0 Å². The summed E-state index contributed by atoms with van der Waals surface area (Å²) in [5, 5.41) is 0. The summed E-state index contributed by atoms with van der Waals surface area (Å²) in [4.78, 5) is 12.4. The predicted octanol–water partition coefficient (Wildman–Crippen LogP) is 3.30. The molecule has 0 saturated carbocycles. The number of pyridine rings is 1. The quantitative estimate of drug-likeness (QED) is 0.815. The molecular weight excluding hydrogens is 282 g/mol. The molecule has 0 spiro atoms. The molecule has 5 heteroatoms. The molecule has 0 bridgehead atoms. The van der Waals surface area contributed by atoms with E-state index in [2.05, 4.69) is 30.9 Å². The Morgan fingerprint density at radius 3 is 2.82 bits per heavy atom. The Morgan fingerprint density at radius 2 is 2.12 bits per heavy atom. The molecule has 0 aliphatic rings. The van der Waals surface area contributed by atoms with Crippen molar-refractivity contribution in [1.82, 2.24) is 15.0 Å². The summed E-state index contributed by atoms with van der Waals surface area (Å²) in [7, 11) is 0. The van der Waals surface area contributed by atoms with Gasteiger partial charge in [-0.15, -0.1) is 0 Å². The highest BCUT2D eigenvalue weighted by Gasteiger charge is 2.06. The standard InChI is InChI=1S/C12H12BrN3O/c1-3-9-10(5-4-8(2)16-9)17-12-6-11(13)14-7-15-12/h4-7H,3H2,1-2H3. The lowest BCUT2D eigenvalue weighted by Gasteiger charge is -2.08. The van der Waals surface area contributed by atoms with Crippen molar-refractivity contribution >= 4 is 15.9 Å². The van der Waals surface area contributed by atoms with E-state index in [0.29, 0.717) is 10.5 Å². The Balaban J connectivity index is 2.29. The van der Waals surface area contributed by atoms with E-state index in [0.717, 1.165) is 23.6 Å². The summed E-state index contributed by atoms with van der Waals surface area (Å²) in [6.45, 7) is 4.01. The Morgan fingerprint density at radius 1 is 1.29 bits per heavy atom. The molecule has 17 heavy (non-hydrogen) atoms. The van der Waals surface area contributed by atoms with E-state index in [1.54, 1.807) is 6.07 Å². The largest absolute Gasteiger partial charge is 0.437 e. The molecule has 0 fully saturated rings. The van der Waals surface area contributed by atoms with E-state index in [9.17, 15) is 0 Å². The third-order valence-corrected chi connectivity index (χ3v) is 2.66. The van der Waals surface area contributed by atoms with Crippen LogP contribution in [0.3, 0.4) is 0 Å². The molecule has 2 rings (SSSR count). The number of nitrogens with zero attached hydrogens (tertiary/aromatic N) is 3. The number of aromatic nitrogens is 3. The molecule has 0 radical (unpaired) electrons. The van der Waals surface area contributed by atoms with E-state index in [4.69, 9.17) is 4.74 Å². The van der Waals surface area contributed by atoms with Gasteiger partial charge in [-0.2, -0.15) is 0 Å². The molecule has 0 amide bonds. The zero-order valence-corrected chi connectivity index (χ0v) is 11.2. The van der Waals surface area contributed by atoms with Crippen molar-refractivity contribution in [3.05, 3.63) is 40.5 Å². The fourth-order valence-electron chi connectivity index (χ4n) is 1.43. The van der Waals surface area contributed by atoms with Crippen molar-refractivity contribution in [2.24, 2.45) is 0 Å². The van der Waals surface area contributed by atoms with Gasteiger partial charge in [-0.05, 0) is 41.4 Å². The Kier molecular flexibility index (Phi) is 3.68. The topological polar surface area (TPSA) is 47.9 Å².